The predicted molar refractivity (Wildman–Crippen MR) is 96.7 cm³/mol. The Balaban J connectivity index is 1.88. The molecule has 0 saturated carbocycles. The number of rotatable bonds is 7. The Labute approximate surface area is 147 Å². The fourth-order valence-electron chi connectivity index (χ4n) is 2.25. The molecular formula is C19H22N2O4. The molecule has 6 heteroatoms. The van der Waals surface area contributed by atoms with Crippen molar-refractivity contribution in [3.8, 4) is 17.2 Å². The number of amides is 1. The fourth-order valence-corrected chi connectivity index (χ4v) is 2.25. The number of methoxy groups -OCH3 is 2. The molecule has 2 rings (SSSR count). The second-order valence-electron chi connectivity index (χ2n) is 5.47. The van der Waals surface area contributed by atoms with E-state index in [0.29, 0.717) is 17.2 Å². The molecule has 0 aliphatic rings. The lowest BCUT2D eigenvalue weighted by molar-refractivity contribution is -0.123. The number of carbonyl (C=O) groups excluding carboxylic acids is 1. The van der Waals surface area contributed by atoms with Crippen LogP contribution in [-0.2, 0) is 4.79 Å². The van der Waals surface area contributed by atoms with Crippen molar-refractivity contribution in [2.75, 3.05) is 20.8 Å². The van der Waals surface area contributed by atoms with E-state index in [0.717, 1.165) is 16.7 Å². The molecule has 0 aliphatic carbocycles. The quantitative estimate of drug-likeness (QED) is 0.620. The van der Waals surface area contributed by atoms with E-state index in [1.54, 1.807) is 26.4 Å². The zero-order valence-corrected chi connectivity index (χ0v) is 14.8. The van der Waals surface area contributed by atoms with Crippen LogP contribution in [0.1, 0.15) is 16.7 Å². The van der Waals surface area contributed by atoms with E-state index in [1.165, 1.54) is 6.21 Å². The summed E-state index contributed by atoms with van der Waals surface area (Å²) in [6.45, 7) is 3.84. The van der Waals surface area contributed by atoms with E-state index >= 15 is 0 Å². The first-order valence-corrected chi connectivity index (χ1v) is 7.77. The number of hydrogen-bond acceptors (Lipinski definition) is 5. The van der Waals surface area contributed by atoms with Crippen molar-refractivity contribution in [3.63, 3.8) is 0 Å². The van der Waals surface area contributed by atoms with Gasteiger partial charge in [-0.1, -0.05) is 17.7 Å². The van der Waals surface area contributed by atoms with Crippen LogP contribution in [0.5, 0.6) is 17.2 Å². The molecule has 2 aromatic rings. The molecule has 0 spiro atoms. The summed E-state index contributed by atoms with van der Waals surface area (Å²) in [6, 6.07) is 11.1. The van der Waals surface area contributed by atoms with Gasteiger partial charge in [0.2, 0.25) is 0 Å². The maximum absolute atomic E-state index is 11.8. The van der Waals surface area contributed by atoms with Gasteiger partial charge in [-0.25, -0.2) is 5.43 Å². The van der Waals surface area contributed by atoms with Crippen molar-refractivity contribution in [1.29, 1.82) is 0 Å². The van der Waals surface area contributed by atoms with Gasteiger partial charge in [-0.15, -0.1) is 0 Å². The average molecular weight is 342 g/mol. The summed E-state index contributed by atoms with van der Waals surface area (Å²) in [5.41, 5.74) is 5.34. The molecule has 25 heavy (non-hydrogen) atoms. The Hall–Kier alpha value is -3.02. The van der Waals surface area contributed by atoms with Crippen molar-refractivity contribution >= 4 is 12.1 Å². The summed E-state index contributed by atoms with van der Waals surface area (Å²) < 4.78 is 15.9. The summed E-state index contributed by atoms with van der Waals surface area (Å²) in [5.74, 6) is 1.57. The van der Waals surface area contributed by atoms with Crippen LogP contribution in [0.25, 0.3) is 0 Å². The van der Waals surface area contributed by atoms with E-state index in [-0.39, 0.29) is 12.5 Å². The van der Waals surface area contributed by atoms with Crippen molar-refractivity contribution in [2.24, 2.45) is 5.10 Å². The number of hydrazone groups is 1. The van der Waals surface area contributed by atoms with Gasteiger partial charge in [0.15, 0.2) is 18.1 Å². The largest absolute Gasteiger partial charge is 0.493 e. The lowest BCUT2D eigenvalue weighted by atomic mass is 10.1. The molecule has 2 aromatic carbocycles. The van der Waals surface area contributed by atoms with Gasteiger partial charge in [-0.3, -0.25) is 4.79 Å². The zero-order chi connectivity index (χ0) is 18.2. The third kappa shape index (κ3) is 5.24. The van der Waals surface area contributed by atoms with Crippen molar-refractivity contribution in [3.05, 3.63) is 53.1 Å². The Morgan fingerprint density at radius 1 is 1.04 bits per heavy atom. The van der Waals surface area contributed by atoms with Crippen molar-refractivity contribution < 1.29 is 19.0 Å². The van der Waals surface area contributed by atoms with Gasteiger partial charge in [-0.05, 0) is 49.2 Å². The highest BCUT2D eigenvalue weighted by Gasteiger charge is 2.05. The maximum Gasteiger partial charge on any atom is 0.277 e. The molecule has 0 atom stereocenters. The molecule has 132 valence electrons. The smallest absolute Gasteiger partial charge is 0.277 e. The van der Waals surface area contributed by atoms with Crippen molar-refractivity contribution in [1.82, 2.24) is 5.43 Å². The molecule has 0 saturated heterocycles. The van der Waals surface area contributed by atoms with Crippen molar-refractivity contribution in [2.45, 2.75) is 13.8 Å². The van der Waals surface area contributed by atoms with E-state index in [4.69, 9.17) is 14.2 Å². The van der Waals surface area contributed by atoms with Crippen LogP contribution >= 0.6 is 0 Å². The van der Waals surface area contributed by atoms with Gasteiger partial charge in [0.05, 0.1) is 20.4 Å². The predicted octanol–water partition coefficient (Wildman–Crippen LogP) is 2.85. The minimum atomic E-state index is -0.336. The van der Waals surface area contributed by atoms with E-state index in [9.17, 15) is 4.79 Å². The third-order valence-corrected chi connectivity index (χ3v) is 3.50. The maximum atomic E-state index is 11.8. The standard InChI is InChI=1S/C19H22N2O4/c1-13-5-7-16(14(2)9-13)25-12-19(22)21-20-11-15-6-8-17(23-3)18(10-15)24-4/h5-11H,12H2,1-4H3,(H,21,22)/b20-11+. The number of aryl methyl sites for hydroxylation is 2. The summed E-state index contributed by atoms with van der Waals surface area (Å²) in [7, 11) is 3.13. The van der Waals surface area contributed by atoms with Gasteiger partial charge in [0.25, 0.3) is 5.91 Å². The summed E-state index contributed by atoms with van der Waals surface area (Å²) in [6.07, 6.45) is 1.52. The first-order chi connectivity index (χ1) is 12.0. The highest BCUT2D eigenvalue weighted by atomic mass is 16.5. The van der Waals surface area contributed by atoms with Crippen LogP contribution in [0.15, 0.2) is 41.5 Å². The van der Waals surface area contributed by atoms with Crippen LogP contribution in [0, 0.1) is 13.8 Å². The Kier molecular flexibility index (Phi) is 6.39. The molecule has 0 fully saturated rings. The van der Waals surface area contributed by atoms with Gasteiger partial charge in [-0.2, -0.15) is 5.10 Å². The highest BCUT2D eigenvalue weighted by molar-refractivity contribution is 5.83. The monoisotopic (exact) mass is 342 g/mol. The van der Waals surface area contributed by atoms with Crippen LogP contribution < -0.4 is 19.6 Å². The second kappa shape index (κ2) is 8.73. The van der Waals surface area contributed by atoms with Gasteiger partial charge in [0, 0.05) is 0 Å². The third-order valence-electron chi connectivity index (χ3n) is 3.50. The Morgan fingerprint density at radius 2 is 1.76 bits per heavy atom. The molecule has 0 heterocycles. The number of hydrogen-bond donors (Lipinski definition) is 1. The molecule has 0 aliphatic heterocycles. The first-order valence-electron chi connectivity index (χ1n) is 7.77. The molecule has 1 N–H and O–H groups in total. The average Bonchev–Trinajstić information content (AvgIpc) is 2.60. The minimum Gasteiger partial charge on any atom is -0.493 e. The van der Waals surface area contributed by atoms with Gasteiger partial charge in [0.1, 0.15) is 5.75 Å². The minimum absolute atomic E-state index is 0.104. The number of nitrogens with zero attached hydrogens (tertiary/aromatic N) is 1. The molecule has 1 amide bonds. The molecule has 6 nitrogen and oxygen atoms in total. The number of nitrogens with one attached hydrogen (secondary N) is 1. The van der Waals surface area contributed by atoms with Gasteiger partial charge >= 0.3 is 0 Å². The first kappa shape index (κ1) is 18.3. The molecule has 0 radical (unpaired) electrons. The Bertz CT molecular complexity index is 772. The summed E-state index contributed by atoms with van der Waals surface area (Å²) in [4.78, 5) is 11.8. The SMILES string of the molecule is COc1ccc(/C=N/NC(=O)COc2ccc(C)cc2C)cc1OC. The lowest BCUT2D eigenvalue weighted by Crippen LogP contribution is -2.24. The molecule has 0 bridgehead atoms. The molecule has 0 unspecified atom stereocenters. The lowest BCUT2D eigenvalue weighted by Gasteiger charge is -2.09. The van der Waals surface area contributed by atoms with Crippen LogP contribution in [0.4, 0.5) is 0 Å². The molecular weight excluding hydrogens is 320 g/mol. The van der Waals surface area contributed by atoms with Gasteiger partial charge < -0.3 is 14.2 Å². The normalized spacial score (nSPS) is 10.6. The fraction of sp³-hybridized carbons (Fsp3) is 0.263. The number of ether oxygens (including phenoxy) is 3. The summed E-state index contributed by atoms with van der Waals surface area (Å²) >= 11 is 0. The summed E-state index contributed by atoms with van der Waals surface area (Å²) in [5, 5.41) is 3.92. The topological polar surface area (TPSA) is 69.2 Å². The number of carbonyl (C=O) groups is 1. The highest BCUT2D eigenvalue weighted by Crippen LogP contribution is 2.26. The van der Waals surface area contributed by atoms with Crippen LogP contribution in [-0.4, -0.2) is 32.9 Å². The Morgan fingerprint density at radius 3 is 2.44 bits per heavy atom. The zero-order valence-electron chi connectivity index (χ0n) is 14.8. The van der Waals surface area contributed by atoms with E-state index in [2.05, 4.69) is 10.5 Å². The second-order valence-corrected chi connectivity index (χ2v) is 5.47. The molecule has 0 aromatic heterocycles. The van der Waals surface area contributed by atoms with E-state index in [1.807, 2.05) is 38.1 Å². The van der Waals surface area contributed by atoms with Crippen LogP contribution in [0.2, 0.25) is 0 Å². The van der Waals surface area contributed by atoms with E-state index < -0.39 is 0 Å². The number of benzene rings is 2. The van der Waals surface area contributed by atoms with Crippen LogP contribution in [0.3, 0.4) is 0 Å².